The van der Waals surface area contributed by atoms with Crippen LogP contribution in [0.4, 0.5) is 0 Å². The Kier molecular flexibility index (Phi) is 4.22. The molecule has 2 N–H and O–H groups in total. The van der Waals surface area contributed by atoms with Crippen LogP contribution in [0, 0.1) is 5.92 Å². The van der Waals surface area contributed by atoms with Gasteiger partial charge in [0.15, 0.2) is 0 Å². The van der Waals surface area contributed by atoms with Crippen molar-refractivity contribution in [3.63, 3.8) is 0 Å². The van der Waals surface area contributed by atoms with Crippen LogP contribution >= 0.6 is 0 Å². The Hall–Kier alpha value is -0.120. The second-order valence-electron chi connectivity index (χ2n) is 5.58. The van der Waals surface area contributed by atoms with Crippen molar-refractivity contribution in [3.05, 3.63) is 0 Å². The van der Waals surface area contributed by atoms with Crippen LogP contribution in [0.5, 0.6) is 0 Å². The maximum atomic E-state index is 5.89. The average molecular weight is 226 g/mol. The first kappa shape index (κ1) is 12.3. The van der Waals surface area contributed by atoms with Gasteiger partial charge in [-0.1, -0.05) is 6.42 Å². The van der Waals surface area contributed by atoms with Crippen molar-refractivity contribution in [2.24, 2.45) is 11.7 Å². The van der Waals surface area contributed by atoms with Gasteiger partial charge < -0.3 is 15.4 Å². The lowest BCUT2D eigenvalue weighted by Crippen LogP contribution is -2.41. The monoisotopic (exact) mass is 226 g/mol. The van der Waals surface area contributed by atoms with Gasteiger partial charge in [-0.05, 0) is 52.1 Å². The minimum atomic E-state index is 0.457. The number of nitrogens with two attached hydrogens (primary N) is 1. The predicted molar refractivity (Wildman–Crippen MR) is 66.4 cm³/mol. The summed E-state index contributed by atoms with van der Waals surface area (Å²) >= 11 is 0. The molecule has 0 aromatic rings. The topological polar surface area (TPSA) is 38.5 Å². The molecule has 0 amide bonds. The molecule has 0 spiro atoms. The SMILES string of the molecule is CC1CCC(CN(C)C2CCCC2CN)O1. The van der Waals surface area contributed by atoms with Crippen molar-refractivity contribution in [1.82, 2.24) is 4.90 Å². The Morgan fingerprint density at radius 3 is 2.69 bits per heavy atom. The van der Waals surface area contributed by atoms with Gasteiger partial charge in [0.1, 0.15) is 0 Å². The molecule has 2 fully saturated rings. The summed E-state index contributed by atoms with van der Waals surface area (Å²) in [6.07, 6.45) is 7.35. The van der Waals surface area contributed by atoms with Gasteiger partial charge in [0, 0.05) is 12.6 Å². The molecule has 0 radical (unpaired) electrons. The van der Waals surface area contributed by atoms with Gasteiger partial charge in [-0.15, -0.1) is 0 Å². The maximum Gasteiger partial charge on any atom is 0.0706 e. The Bertz CT molecular complexity index is 222. The van der Waals surface area contributed by atoms with Crippen molar-refractivity contribution in [2.45, 2.75) is 57.3 Å². The van der Waals surface area contributed by atoms with Gasteiger partial charge in [0.2, 0.25) is 0 Å². The summed E-state index contributed by atoms with van der Waals surface area (Å²) in [4.78, 5) is 2.49. The largest absolute Gasteiger partial charge is 0.374 e. The van der Waals surface area contributed by atoms with E-state index in [4.69, 9.17) is 10.5 Å². The fourth-order valence-electron chi connectivity index (χ4n) is 3.35. The minimum Gasteiger partial charge on any atom is -0.374 e. The zero-order valence-corrected chi connectivity index (χ0v) is 10.7. The zero-order chi connectivity index (χ0) is 11.5. The highest BCUT2D eigenvalue weighted by atomic mass is 16.5. The lowest BCUT2D eigenvalue weighted by Gasteiger charge is -2.31. The van der Waals surface area contributed by atoms with E-state index >= 15 is 0 Å². The van der Waals surface area contributed by atoms with Crippen molar-refractivity contribution < 1.29 is 4.74 Å². The lowest BCUT2D eigenvalue weighted by atomic mass is 10.0. The van der Waals surface area contributed by atoms with Crippen LogP contribution in [0.15, 0.2) is 0 Å². The zero-order valence-electron chi connectivity index (χ0n) is 10.7. The fraction of sp³-hybridized carbons (Fsp3) is 1.00. The summed E-state index contributed by atoms with van der Waals surface area (Å²) in [5.41, 5.74) is 5.83. The van der Waals surface area contributed by atoms with Gasteiger partial charge in [-0.2, -0.15) is 0 Å². The summed E-state index contributed by atoms with van der Waals surface area (Å²) in [7, 11) is 2.24. The molecule has 1 aliphatic heterocycles. The van der Waals surface area contributed by atoms with Crippen molar-refractivity contribution in [1.29, 1.82) is 0 Å². The second kappa shape index (κ2) is 5.48. The highest BCUT2D eigenvalue weighted by Gasteiger charge is 2.31. The molecule has 1 aliphatic carbocycles. The Morgan fingerprint density at radius 1 is 1.25 bits per heavy atom. The van der Waals surface area contributed by atoms with Gasteiger partial charge >= 0.3 is 0 Å². The fourth-order valence-corrected chi connectivity index (χ4v) is 3.35. The summed E-state index contributed by atoms with van der Waals surface area (Å²) < 4.78 is 5.89. The molecule has 0 bridgehead atoms. The van der Waals surface area contributed by atoms with Gasteiger partial charge in [-0.25, -0.2) is 0 Å². The predicted octanol–water partition coefficient (Wildman–Crippen LogP) is 1.61. The van der Waals surface area contributed by atoms with Crippen LogP contribution in [0.1, 0.15) is 39.0 Å². The smallest absolute Gasteiger partial charge is 0.0706 e. The third kappa shape index (κ3) is 2.76. The van der Waals surface area contributed by atoms with Crippen molar-refractivity contribution >= 4 is 0 Å². The van der Waals surface area contributed by atoms with E-state index in [1.807, 2.05) is 0 Å². The van der Waals surface area contributed by atoms with E-state index in [9.17, 15) is 0 Å². The first-order valence-electron chi connectivity index (χ1n) is 6.76. The molecular weight excluding hydrogens is 200 g/mol. The maximum absolute atomic E-state index is 5.89. The molecule has 0 aromatic carbocycles. The minimum absolute atomic E-state index is 0.457. The van der Waals surface area contributed by atoms with Crippen LogP contribution in [0.2, 0.25) is 0 Å². The summed E-state index contributed by atoms with van der Waals surface area (Å²) in [5.74, 6) is 0.712. The Balaban J connectivity index is 1.80. The molecule has 2 rings (SSSR count). The number of hydrogen-bond acceptors (Lipinski definition) is 3. The highest BCUT2D eigenvalue weighted by Crippen LogP contribution is 2.29. The van der Waals surface area contributed by atoms with E-state index in [2.05, 4.69) is 18.9 Å². The standard InChI is InChI=1S/C13H26N2O/c1-10-6-7-12(16-10)9-15(2)13-5-3-4-11(13)8-14/h10-13H,3-9,14H2,1-2H3. The van der Waals surface area contributed by atoms with Gasteiger partial charge in [-0.3, -0.25) is 0 Å². The summed E-state index contributed by atoms with van der Waals surface area (Å²) in [6, 6.07) is 0.699. The third-order valence-corrected chi connectivity index (χ3v) is 4.30. The van der Waals surface area contributed by atoms with Gasteiger partial charge in [0.25, 0.3) is 0 Å². The Labute approximate surface area is 99.3 Å². The molecule has 4 atom stereocenters. The van der Waals surface area contributed by atoms with E-state index in [1.54, 1.807) is 0 Å². The second-order valence-corrected chi connectivity index (χ2v) is 5.58. The molecule has 4 unspecified atom stereocenters. The van der Waals surface area contributed by atoms with E-state index in [0.717, 1.165) is 13.1 Å². The molecule has 16 heavy (non-hydrogen) atoms. The van der Waals surface area contributed by atoms with E-state index in [0.29, 0.717) is 24.2 Å². The van der Waals surface area contributed by atoms with Crippen LogP contribution in [0.25, 0.3) is 0 Å². The van der Waals surface area contributed by atoms with Crippen molar-refractivity contribution in [3.8, 4) is 0 Å². The Morgan fingerprint density at radius 2 is 2.06 bits per heavy atom. The van der Waals surface area contributed by atoms with Crippen LogP contribution in [0.3, 0.4) is 0 Å². The highest BCUT2D eigenvalue weighted by molar-refractivity contribution is 4.86. The molecule has 1 saturated carbocycles. The van der Waals surface area contributed by atoms with Crippen LogP contribution in [-0.2, 0) is 4.74 Å². The molecule has 3 nitrogen and oxygen atoms in total. The summed E-state index contributed by atoms with van der Waals surface area (Å²) in [6.45, 7) is 4.11. The molecular formula is C13H26N2O. The number of nitrogens with zero attached hydrogens (tertiary/aromatic N) is 1. The van der Waals surface area contributed by atoms with E-state index < -0.39 is 0 Å². The van der Waals surface area contributed by atoms with E-state index in [1.165, 1.54) is 32.1 Å². The average Bonchev–Trinajstić information content (AvgIpc) is 2.86. The quantitative estimate of drug-likeness (QED) is 0.791. The first-order chi connectivity index (χ1) is 7.70. The normalized spacial score (nSPS) is 39.8. The molecule has 0 aromatic heterocycles. The molecule has 1 heterocycles. The number of likely N-dealkylation sites (N-methyl/N-ethyl adjacent to an activating group) is 1. The molecule has 3 heteroatoms. The lowest BCUT2D eigenvalue weighted by molar-refractivity contribution is 0.0247. The van der Waals surface area contributed by atoms with Gasteiger partial charge in [0.05, 0.1) is 12.2 Å². The first-order valence-corrected chi connectivity index (χ1v) is 6.76. The van der Waals surface area contributed by atoms with Crippen LogP contribution in [-0.4, -0.2) is 43.3 Å². The van der Waals surface area contributed by atoms with Crippen LogP contribution < -0.4 is 5.73 Å². The summed E-state index contributed by atoms with van der Waals surface area (Å²) in [5, 5.41) is 0. The van der Waals surface area contributed by atoms with E-state index in [-0.39, 0.29) is 0 Å². The third-order valence-electron chi connectivity index (χ3n) is 4.30. The number of ether oxygens (including phenoxy) is 1. The molecule has 1 saturated heterocycles. The molecule has 94 valence electrons. The van der Waals surface area contributed by atoms with Crippen molar-refractivity contribution in [2.75, 3.05) is 20.1 Å². The number of hydrogen-bond donors (Lipinski definition) is 1. The number of rotatable bonds is 4. The molecule has 2 aliphatic rings.